The molecular formula is C17H25NO4. The fourth-order valence-electron chi connectivity index (χ4n) is 2.18. The van der Waals surface area contributed by atoms with Crippen molar-refractivity contribution < 1.29 is 19.4 Å². The first-order valence-electron chi connectivity index (χ1n) is 7.82. The first-order valence-corrected chi connectivity index (χ1v) is 7.82. The summed E-state index contributed by atoms with van der Waals surface area (Å²) in [7, 11) is 0. The van der Waals surface area contributed by atoms with Crippen molar-refractivity contribution in [2.24, 2.45) is 0 Å². The van der Waals surface area contributed by atoms with Crippen LogP contribution < -0.4 is 4.90 Å². The molecule has 22 heavy (non-hydrogen) atoms. The predicted octanol–water partition coefficient (Wildman–Crippen LogP) is 3.33. The lowest BCUT2D eigenvalue weighted by Crippen LogP contribution is -2.27. The lowest BCUT2D eigenvalue weighted by Gasteiger charge is -2.24. The molecule has 0 bridgehead atoms. The summed E-state index contributed by atoms with van der Waals surface area (Å²) in [6.45, 7) is 5.55. The molecule has 1 aromatic carbocycles. The Morgan fingerprint density at radius 2 is 1.77 bits per heavy atom. The zero-order valence-corrected chi connectivity index (χ0v) is 13.4. The van der Waals surface area contributed by atoms with Crippen LogP contribution in [-0.4, -0.2) is 36.7 Å². The number of esters is 1. The SMILES string of the molecule is CCCCCN(CCC(=O)O)c1ccc(C(=O)OCC)cc1. The highest BCUT2D eigenvalue weighted by atomic mass is 16.5. The summed E-state index contributed by atoms with van der Waals surface area (Å²) in [5.41, 5.74) is 1.45. The zero-order valence-electron chi connectivity index (χ0n) is 13.4. The van der Waals surface area contributed by atoms with Gasteiger partial charge < -0.3 is 14.7 Å². The fourth-order valence-corrected chi connectivity index (χ4v) is 2.18. The predicted molar refractivity (Wildman–Crippen MR) is 86.4 cm³/mol. The van der Waals surface area contributed by atoms with Gasteiger partial charge in [0.25, 0.3) is 0 Å². The van der Waals surface area contributed by atoms with E-state index >= 15 is 0 Å². The average Bonchev–Trinajstić information content (AvgIpc) is 2.51. The Kier molecular flexibility index (Phi) is 8.04. The third kappa shape index (κ3) is 6.16. The summed E-state index contributed by atoms with van der Waals surface area (Å²) in [4.78, 5) is 24.5. The van der Waals surface area contributed by atoms with E-state index < -0.39 is 5.97 Å². The number of anilines is 1. The van der Waals surface area contributed by atoms with Crippen LogP contribution in [0.4, 0.5) is 5.69 Å². The van der Waals surface area contributed by atoms with Crippen LogP contribution >= 0.6 is 0 Å². The van der Waals surface area contributed by atoms with Crippen molar-refractivity contribution in [3.63, 3.8) is 0 Å². The topological polar surface area (TPSA) is 66.8 Å². The van der Waals surface area contributed by atoms with Gasteiger partial charge in [0, 0.05) is 18.8 Å². The van der Waals surface area contributed by atoms with E-state index in [9.17, 15) is 9.59 Å². The summed E-state index contributed by atoms with van der Waals surface area (Å²) in [5.74, 6) is -1.14. The van der Waals surface area contributed by atoms with Gasteiger partial charge in [0.05, 0.1) is 18.6 Å². The van der Waals surface area contributed by atoms with Crippen molar-refractivity contribution in [3.05, 3.63) is 29.8 Å². The molecule has 1 aromatic rings. The summed E-state index contributed by atoms with van der Waals surface area (Å²) < 4.78 is 4.96. The van der Waals surface area contributed by atoms with Crippen molar-refractivity contribution in [3.8, 4) is 0 Å². The Morgan fingerprint density at radius 1 is 1.09 bits per heavy atom. The molecule has 0 heterocycles. The van der Waals surface area contributed by atoms with E-state index in [2.05, 4.69) is 11.8 Å². The Balaban J connectivity index is 2.74. The second-order valence-electron chi connectivity index (χ2n) is 5.11. The third-order valence-electron chi connectivity index (χ3n) is 3.37. The first kappa shape index (κ1) is 18.0. The molecular weight excluding hydrogens is 282 g/mol. The first-order chi connectivity index (χ1) is 10.6. The second kappa shape index (κ2) is 9.82. The molecule has 0 radical (unpaired) electrons. The van der Waals surface area contributed by atoms with E-state index in [1.807, 2.05) is 12.1 Å². The molecule has 1 N–H and O–H groups in total. The lowest BCUT2D eigenvalue weighted by atomic mass is 10.1. The maximum atomic E-state index is 11.6. The monoisotopic (exact) mass is 307 g/mol. The van der Waals surface area contributed by atoms with Gasteiger partial charge in [0.2, 0.25) is 0 Å². The molecule has 0 aliphatic rings. The summed E-state index contributed by atoms with van der Waals surface area (Å²) in [6, 6.07) is 7.14. The van der Waals surface area contributed by atoms with E-state index in [0.29, 0.717) is 18.7 Å². The van der Waals surface area contributed by atoms with Crippen LogP contribution in [0.25, 0.3) is 0 Å². The van der Waals surface area contributed by atoms with Gasteiger partial charge in [-0.25, -0.2) is 4.79 Å². The number of carbonyl (C=O) groups is 2. The van der Waals surface area contributed by atoms with Crippen molar-refractivity contribution in [1.82, 2.24) is 0 Å². The van der Waals surface area contributed by atoms with Crippen LogP contribution in [0.15, 0.2) is 24.3 Å². The van der Waals surface area contributed by atoms with Crippen LogP contribution in [0, 0.1) is 0 Å². The van der Waals surface area contributed by atoms with Gasteiger partial charge in [0.1, 0.15) is 0 Å². The molecule has 0 saturated heterocycles. The van der Waals surface area contributed by atoms with Crippen LogP contribution in [0.1, 0.15) is 49.9 Å². The number of hydrogen-bond donors (Lipinski definition) is 1. The van der Waals surface area contributed by atoms with Gasteiger partial charge >= 0.3 is 11.9 Å². The smallest absolute Gasteiger partial charge is 0.338 e. The van der Waals surface area contributed by atoms with Crippen molar-refractivity contribution in [2.45, 2.75) is 39.5 Å². The Morgan fingerprint density at radius 3 is 2.32 bits per heavy atom. The number of hydrogen-bond acceptors (Lipinski definition) is 4. The number of carbonyl (C=O) groups excluding carboxylic acids is 1. The number of benzene rings is 1. The zero-order chi connectivity index (χ0) is 16.4. The molecule has 0 aliphatic heterocycles. The number of aliphatic carboxylic acids is 1. The maximum Gasteiger partial charge on any atom is 0.338 e. The highest BCUT2D eigenvalue weighted by Gasteiger charge is 2.11. The fraction of sp³-hybridized carbons (Fsp3) is 0.529. The molecule has 5 nitrogen and oxygen atoms in total. The molecule has 0 spiro atoms. The molecule has 0 unspecified atom stereocenters. The van der Waals surface area contributed by atoms with E-state index in [4.69, 9.17) is 9.84 Å². The molecule has 0 amide bonds. The minimum Gasteiger partial charge on any atom is -0.481 e. The number of rotatable bonds is 10. The minimum absolute atomic E-state index is 0.103. The highest BCUT2D eigenvalue weighted by Crippen LogP contribution is 2.17. The van der Waals surface area contributed by atoms with E-state index in [-0.39, 0.29) is 12.4 Å². The van der Waals surface area contributed by atoms with Gasteiger partial charge in [0.15, 0.2) is 0 Å². The van der Waals surface area contributed by atoms with Gasteiger partial charge in [-0.2, -0.15) is 0 Å². The van der Waals surface area contributed by atoms with Crippen molar-refractivity contribution >= 4 is 17.6 Å². The number of ether oxygens (including phenoxy) is 1. The van der Waals surface area contributed by atoms with Crippen LogP contribution in [-0.2, 0) is 9.53 Å². The van der Waals surface area contributed by atoms with E-state index in [1.54, 1.807) is 19.1 Å². The van der Waals surface area contributed by atoms with Gasteiger partial charge in [-0.3, -0.25) is 4.79 Å². The Labute approximate surface area is 131 Å². The van der Waals surface area contributed by atoms with Crippen molar-refractivity contribution in [2.75, 3.05) is 24.6 Å². The standard InChI is InChI=1S/C17H25NO4/c1-3-5-6-12-18(13-11-16(19)20)15-9-7-14(8-10-15)17(21)22-4-2/h7-10H,3-6,11-13H2,1-2H3,(H,19,20). The third-order valence-corrected chi connectivity index (χ3v) is 3.37. The molecule has 122 valence electrons. The molecule has 0 aliphatic carbocycles. The summed E-state index contributed by atoms with van der Waals surface area (Å²) >= 11 is 0. The lowest BCUT2D eigenvalue weighted by molar-refractivity contribution is -0.136. The quantitative estimate of drug-likeness (QED) is 0.530. The van der Waals surface area contributed by atoms with Gasteiger partial charge in [-0.05, 0) is 37.6 Å². The molecule has 5 heteroatoms. The largest absolute Gasteiger partial charge is 0.481 e. The van der Waals surface area contributed by atoms with Crippen LogP contribution in [0.5, 0.6) is 0 Å². The number of carboxylic acids is 1. The highest BCUT2D eigenvalue weighted by molar-refractivity contribution is 5.89. The molecule has 0 fully saturated rings. The molecule has 0 saturated carbocycles. The summed E-state index contributed by atoms with van der Waals surface area (Å²) in [5, 5.41) is 8.87. The number of unbranched alkanes of at least 4 members (excludes halogenated alkanes) is 2. The van der Waals surface area contributed by atoms with Gasteiger partial charge in [-0.1, -0.05) is 19.8 Å². The van der Waals surface area contributed by atoms with Gasteiger partial charge in [-0.15, -0.1) is 0 Å². The Bertz CT molecular complexity index is 470. The van der Waals surface area contributed by atoms with Crippen LogP contribution in [0.2, 0.25) is 0 Å². The van der Waals surface area contributed by atoms with Crippen LogP contribution in [0.3, 0.4) is 0 Å². The molecule has 0 aromatic heterocycles. The normalized spacial score (nSPS) is 10.3. The Hall–Kier alpha value is -2.04. The minimum atomic E-state index is -0.802. The molecule has 1 rings (SSSR count). The second-order valence-corrected chi connectivity index (χ2v) is 5.11. The average molecular weight is 307 g/mol. The number of carboxylic acid groups (broad SMARTS) is 1. The number of nitrogens with zero attached hydrogens (tertiary/aromatic N) is 1. The maximum absolute atomic E-state index is 11.6. The van der Waals surface area contributed by atoms with E-state index in [0.717, 1.165) is 31.5 Å². The summed E-state index contributed by atoms with van der Waals surface area (Å²) in [6.07, 6.45) is 3.36. The van der Waals surface area contributed by atoms with Crippen molar-refractivity contribution in [1.29, 1.82) is 0 Å². The molecule has 0 atom stereocenters. The van der Waals surface area contributed by atoms with E-state index in [1.165, 1.54) is 0 Å².